The summed E-state index contributed by atoms with van der Waals surface area (Å²) in [4.78, 5) is 0. The summed E-state index contributed by atoms with van der Waals surface area (Å²) in [6.07, 6.45) is 3.88. The molecular weight excluding hydrogens is 178 g/mol. The van der Waals surface area contributed by atoms with E-state index in [0.717, 1.165) is 32.8 Å². The SMILES string of the molecule is CCOC(C)CNC1CCCOCC1. The molecule has 1 heterocycles. The summed E-state index contributed by atoms with van der Waals surface area (Å²) >= 11 is 0. The minimum Gasteiger partial charge on any atom is -0.381 e. The van der Waals surface area contributed by atoms with Crippen LogP contribution in [0.25, 0.3) is 0 Å². The highest BCUT2D eigenvalue weighted by atomic mass is 16.5. The van der Waals surface area contributed by atoms with Gasteiger partial charge in [0.15, 0.2) is 0 Å². The van der Waals surface area contributed by atoms with Gasteiger partial charge in [0.05, 0.1) is 6.10 Å². The summed E-state index contributed by atoms with van der Waals surface area (Å²) in [5.74, 6) is 0. The molecule has 2 atom stereocenters. The fourth-order valence-corrected chi connectivity index (χ4v) is 1.78. The molecule has 1 fully saturated rings. The van der Waals surface area contributed by atoms with Crippen LogP contribution in [-0.4, -0.2) is 38.5 Å². The van der Waals surface area contributed by atoms with Crippen LogP contribution in [0.3, 0.4) is 0 Å². The fraction of sp³-hybridized carbons (Fsp3) is 1.00. The number of hydrogen-bond donors (Lipinski definition) is 1. The first-order valence-corrected chi connectivity index (χ1v) is 5.75. The van der Waals surface area contributed by atoms with Crippen molar-refractivity contribution in [2.45, 2.75) is 45.3 Å². The van der Waals surface area contributed by atoms with E-state index < -0.39 is 0 Å². The van der Waals surface area contributed by atoms with Crippen LogP contribution in [0.2, 0.25) is 0 Å². The van der Waals surface area contributed by atoms with E-state index in [1.54, 1.807) is 0 Å². The second kappa shape index (κ2) is 7.21. The Morgan fingerprint density at radius 2 is 2.29 bits per heavy atom. The van der Waals surface area contributed by atoms with E-state index in [0.29, 0.717) is 12.1 Å². The van der Waals surface area contributed by atoms with Crippen molar-refractivity contribution < 1.29 is 9.47 Å². The minimum atomic E-state index is 0.323. The highest BCUT2D eigenvalue weighted by Crippen LogP contribution is 2.07. The Morgan fingerprint density at radius 3 is 3.07 bits per heavy atom. The fourth-order valence-electron chi connectivity index (χ4n) is 1.78. The van der Waals surface area contributed by atoms with Crippen molar-refractivity contribution in [3.05, 3.63) is 0 Å². The quantitative estimate of drug-likeness (QED) is 0.732. The van der Waals surface area contributed by atoms with E-state index in [4.69, 9.17) is 9.47 Å². The number of nitrogens with one attached hydrogen (secondary N) is 1. The highest BCUT2D eigenvalue weighted by molar-refractivity contribution is 4.70. The monoisotopic (exact) mass is 201 g/mol. The maximum absolute atomic E-state index is 5.47. The van der Waals surface area contributed by atoms with E-state index in [-0.39, 0.29) is 0 Å². The first-order chi connectivity index (χ1) is 6.83. The smallest absolute Gasteiger partial charge is 0.0671 e. The van der Waals surface area contributed by atoms with Gasteiger partial charge in [-0.2, -0.15) is 0 Å². The molecule has 3 nitrogen and oxygen atoms in total. The Bertz CT molecular complexity index is 133. The average molecular weight is 201 g/mol. The predicted molar refractivity (Wildman–Crippen MR) is 57.5 cm³/mol. The van der Waals surface area contributed by atoms with Crippen LogP contribution in [0.15, 0.2) is 0 Å². The predicted octanol–water partition coefficient (Wildman–Crippen LogP) is 1.57. The normalized spacial score (nSPS) is 25.7. The van der Waals surface area contributed by atoms with Gasteiger partial charge in [-0.25, -0.2) is 0 Å². The first-order valence-electron chi connectivity index (χ1n) is 5.75. The third-order valence-corrected chi connectivity index (χ3v) is 2.60. The van der Waals surface area contributed by atoms with Crippen LogP contribution in [0.5, 0.6) is 0 Å². The van der Waals surface area contributed by atoms with Crippen LogP contribution in [0.4, 0.5) is 0 Å². The molecule has 0 aromatic heterocycles. The van der Waals surface area contributed by atoms with Crippen LogP contribution >= 0.6 is 0 Å². The van der Waals surface area contributed by atoms with Crippen LogP contribution in [0, 0.1) is 0 Å². The molecule has 0 aromatic rings. The molecule has 0 radical (unpaired) electrons. The van der Waals surface area contributed by atoms with Crippen molar-refractivity contribution in [3.63, 3.8) is 0 Å². The van der Waals surface area contributed by atoms with Gasteiger partial charge >= 0.3 is 0 Å². The Labute approximate surface area is 87.2 Å². The van der Waals surface area contributed by atoms with Gasteiger partial charge in [0.25, 0.3) is 0 Å². The summed E-state index contributed by atoms with van der Waals surface area (Å²) in [5, 5.41) is 3.54. The van der Waals surface area contributed by atoms with Crippen molar-refractivity contribution in [1.82, 2.24) is 5.32 Å². The summed E-state index contributed by atoms with van der Waals surface area (Å²) < 4.78 is 10.9. The largest absolute Gasteiger partial charge is 0.381 e. The minimum absolute atomic E-state index is 0.323. The molecule has 1 aliphatic heterocycles. The third-order valence-electron chi connectivity index (χ3n) is 2.60. The standard InChI is InChI=1S/C11H23NO2/c1-3-14-10(2)9-12-11-5-4-7-13-8-6-11/h10-12H,3-9H2,1-2H3. The summed E-state index contributed by atoms with van der Waals surface area (Å²) in [5.41, 5.74) is 0. The van der Waals surface area contributed by atoms with E-state index in [1.807, 2.05) is 6.92 Å². The Balaban J connectivity index is 2.09. The number of hydrogen-bond acceptors (Lipinski definition) is 3. The molecule has 0 saturated carbocycles. The molecule has 0 spiro atoms. The van der Waals surface area contributed by atoms with E-state index >= 15 is 0 Å². The van der Waals surface area contributed by atoms with Gasteiger partial charge in [0.1, 0.15) is 0 Å². The number of ether oxygens (including phenoxy) is 2. The lowest BCUT2D eigenvalue weighted by molar-refractivity contribution is 0.0730. The van der Waals surface area contributed by atoms with Gasteiger partial charge in [-0.3, -0.25) is 0 Å². The first kappa shape index (κ1) is 12.0. The molecule has 3 heteroatoms. The molecule has 0 aliphatic carbocycles. The lowest BCUT2D eigenvalue weighted by Gasteiger charge is -2.19. The van der Waals surface area contributed by atoms with Crippen LogP contribution in [-0.2, 0) is 9.47 Å². The zero-order valence-electron chi connectivity index (χ0n) is 9.42. The molecule has 0 bridgehead atoms. The second-order valence-electron chi connectivity index (χ2n) is 3.91. The number of rotatable bonds is 5. The van der Waals surface area contributed by atoms with Gasteiger partial charge in [-0.1, -0.05) is 0 Å². The maximum Gasteiger partial charge on any atom is 0.0671 e. The Hall–Kier alpha value is -0.120. The average Bonchev–Trinajstić information content (AvgIpc) is 2.43. The molecule has 1 rings (SSSR count). The molecule has 84 valence electrons. The summed E-state index contributed by atoms with van der Waals surface area (Å²) in [6.45, 7) is 7.74. The van der Waals surface area contributed by atoms with E-state index in [9.17, 15) is 0 Å². The van der Waals surface area contributed by atoms with Gasteiger partial charge in [0.2, 0.25) is 0 Å². The van der Waals surface area contributed by atoms with Crippen molar-refractivity contribution in [3.8, 4) is 0 Å². The lowest BCUT2D eigenvalue weighted by atomic mass is 10.1. The van der Waals surface area contributed by atoms with Crippen LogP contribution in [0.1, 0.15) is 33.1 Å². The zero-order valence-corrected chi connectivity index (χ0v) is 9.42. The van der Waals surface area contributed by atoms with Crippen molar-refractivity contribution in [2.75, 3.05) is 26.4 Å². The molecule has 1 saturated heterocycles. The van der Waals surface area contributed by atoms with Gasteiger partial charge in [-0.15, -0.1) is 0 Å². The lowest BCUT2D eigenvalue weighted by Crippen LogP contribution is -2.35. The van der Waals surface area contributed by atoms with Crippen LogP contribution < -0.4 is 5.32 Å². The molecule has 2 unspecified atom stereocenters. The van der Waals surface area contributed by atoms with Gasteiger partial charge in [0, 0.05) is 32.4 Å². The molecule has 0 aromatic carbocycles. The van der Waals surface area contributed by atoms with Gasteiger partial charge < -0.3 is 14.8 Å². The zero-order chi connectivity index (χ0) is 10.2. The molecule has 1 aliphatic rings. The third kappa shape index (κ3) is 4.94. The summed E-state index contributed by atoms with van der Waals surface area (Å²) in [6, 6.07) is 0.625. The molecule has 0 amide bonds. The molecule has 1 N–H and O–H groups in total. The van der Waals surface area contributed by atoms with Crippen molar-refractivity contribution in [1.29, 1.82) is 0 Å². The Morgan fingerprint density at radius 1 is 1.43 bits per heavy atom. The Kier molecular flexibility index (Phi) is 6.15. The second-order valence-corrected chi connectivity index (χ2v) is 3.91. The molecular formula is C11H23NO2. The summed E-state index contributed by atoms with van der Waals surface area (Å²) in [7, 11) is 0. The van der Waals surface area contributed by atoms with E-state index in [1.165, 1.54) is 12.8 Å². The highest BCUT2D eigenvalue weighted by Gasteiger charge is 2.12. The van der Waals surface area contributed by atoms with Crippen molar-refractivity contribution >= 4 is 0 Å². The molecule has 14 heavy (non-hydrogen) atoms. The van der Waals surface area contributed by atoms with Gasteiger partial charge in [-0.05, 0) is 33.1 Å². The van der Waals surface area contributed by atoms with E-state index in [2.05, 4.69) is 12.2 Å². The maximum atomic E-state index is 5.47. The topological polar surface area (TPSA) is 30.5 Å². The van der Waals surface area contributed by atoms with Crippen molar-refractivity contribution in [2.24, 2.45) is 0 Å².